The monoisotopic (exact) mass is 427 g/mol. The van der Waals surface area contributed by atoms with E-state index in [0.717, 1.165) is 33.8 Å². The third kappa shape index (κ3) is 4.18. The van der Waals surface area contributed by atoms with Crippen LogP contribution in [0.1, 0.15) is 16.7 Å². The second kappa shape index (κ2) is 8.55. The predicted molar refractivity (Wildman–Crippen MR) is 127 cm³/mol. The molecule has 0 aromatic heterocycles. The van der Waals surface area contributed by atoms with Crippen LogP contribution in [0.5, 0.6) is 28.7 Å². The zero-order valence-electron chi connectivity index (χ0n) is 18.2. The van der Waals surface area contributed by atoms with Crippen molar-refractivity contribution in [3.8, 4) is 28.7 Å². The molecule has 4 aromatic carbocycles. The lowest BCUT2D eigenvalue weighted by atomic mass is 10.1. The molecule has 162 valence electrons. The minimum atomic E-state index is 0.0927. The summed E-state index contributed by atoms with van der Waals surface area (Å²) in [5.41, 5.74) is 5.35. The number of benzene rings is 4. The van der Waals surface area contributed by atoms with Gasteiger partial charge in [-0.15, -0.1) is 0 Å². The number of phenolic OH excluding ortho intramolecular Hbond substituents is 3. The summed E-state index contributed by atoms with van der Waals surface area (Å²) in [5.74, 6) is 1.53. The molecule has 3 N–H and O–H groups in total. The quantitative estimate of drug-likeness (QED) is 0.320. The van der Waals surface area contributed by atoms with Crippen LogP contribution in [0.25, 0.3) is 0 Å². The summed E-state index contributed by atoms with van der Waals surface area (Å²) in [5, 5.41) is 29.9. The zero-order valence-corrected chi connectivity index (χ0v) is 18.2. The molecule has 5 heteroatoms. The number of aromatic hydroxyl groups is 3. The largest absolute Gasteiger partial charge is 0.508 e. The van der Waals surface area contributed by atoms with E-state index >= 15 is 0 Å². The highest BCUT2D eigenvalue weighted by molar-refractivity contribution is 5.80. The lowest BCUT2D eigenvalue weighted by Gasteiger charge is -2.28. The van der Waals surface area contributed by atoms with Gasteiger partial charge in [0.25, 0.3) is 0 Å². The van der Waals surface area contributed by atoms with E-state index in [1.54, 1.807) is 36.4 Å². The highest BCUT2D eigenvalue weighted by Gasteiger charge is 2.17. The highest BCUT2D eigenvalue weighted by atomic mass is 16.5. The van der Waals surface area contributed by atoms with Gasteiger partial charge in [0, 0.05) is 17.1 Å². The first-order valence-corrected chi connectivity index (χ1v) is 10.3. The summed E-state index contributed by atoms with van der Waals surface area (Å²) >= 11 is 0. The van der Waals surface area contributed by atoms with Crippen molar-refractivity contribution in [1.29, 1.82) is 0 Å². The lowest BCUT2D eigenvalue weighted by Crippen LogP contribution is -2.12. The smallest absolute Gasteiger partial charge is 0.171 e. The molecule has 0 atom stereocenters. The van der Waals surface area contributed by atoms with Crippen LogP contribution in [-0.4, -0.2) is 15.3 Å². The Morgan fingerprint density at radius 3 is 1.69 bits per heavy atom. The van der Waals surface area contributed by atoms with E-state index in [4.69, 9.17) is 4.74 Å². The zero-order chi connectivity index (χ0) is 22.8. The minimum Gasteiger partial charge on any atom is -0.508 e. The Morgan fingerprint density at radius 1 is 0.625 bits per heavy atom. The standard InChI is InChI=1S/C27H25NO4/c1-17-5-4-6-26(31)27(17)32-23-11-7-20(8-12-23)28(24-13-9-21(29)15-18(24)2)25-14-10-22(30)16-19(25)3/h4-16,29-31H,1-3H3. The maximum Gasteiger partial charge on any atom is 0.171 e. The number of ether oxygens (including phenoxy) is 1. The molecule has 0 fully saturated rings. The van der Waals surface area contributed by atoms with Gasteiger partial charge >= 0.3 is 0 Å². The lowest BCUT2D eigenvalue weighted by molar-refractivity contribution is 0.409. The number of hydrogen-bond acceptors (Lipinski definition) is 5. The van der Waals surface area contributed by atoms with Gasteiger partial charge in [-0.1, -0.05) is 12.1 Å². The van der Waals surface area contributed by atoms with Crippen LogP contribution in [0.3, 0.4) is 0 Å². The number of anilines is 3. The van der Waals surface area contributed by atoms with Crippen molar-refractivity contribution in [1.82, 2.24) is 0 Å². The van der Waals surface area contributed by atoms with Gasteiger partial charge in [-0.05, 0) is 104 Å². The molecule has 0 saturated carbocycles. The van der Waals surface area contributed by atoms with Gasteiger partial charge in [-0.25, -0.2) is 0 Å². The summed E-state index contributed by atoms with van der Waals surface area (Å²) in [4.78, 5) is 2.07. The van der Waals surface area contributed by atoms with E-state index in [9.17, 15) is 15.3 Å². The van der Waals surface area contributed by atoms with Crippen molar-refractivity contribution < 1.29 is 20.1 Å². The van der Waals surface area contributed by atoms with Crippen LogP contribution in [0.2, 0.25) is 0 Å². The summed E-state index contributed by atoms with van der Waals surface area (Å²) in [6, 6.07) is 23.3. The molecule has 0 unspecified atom stereocenters. The third-order valence-electron chi connectivity index (χ3n) is 5.35. The van der Waals surface area contributed by atoms with Crippen molar-refractivity contribution in [2.24, 2.45) is 0 Å². The molecule has 4 rings (SSSR count). The molecule has 0 radical (unpaired) electrons. The molecular formula is C27H25NO4. The topological polar surface area (TPSA) is 73.2 Å². The average molecular weight is 428 g/mol. The number of aryl methyl sites for hydroxylation is 3. The fourth-order valence-corrected chi connectivity index (χ4v) is 3.74. The molecule has 0 bridgehead atoms. The van der Waals surface area contributed by atoms with Gasteiger partial charge in [-0.2, -0.15) is 0 Å². The Hall–Kier alpha value is -4.12. The summed E-state index contributed by atoms with van der Waals surface area (Å²) < 4.78 is 5.93. The van der Waals surface area contributed by atoms with Crippen molar-refractivity contribution in [2.45, 2.75) is 20.8 Å². The predicted octanol–water partition coefficient (Wildman–Crippen LogP) is 6.99. The molecular weight excluding hydrogens is 402 g/mol. The second-order valence-corrected chi connectivity index (χ2v) is 7.80. The average Bonchev–Trinajstić information content (AvgIpc) is 2.75. The molecule has 0 heterocycles. The molecule has 32 heavy (non-hydrogen) atoms. The van der Waals surface area contributed by atoms with Crippen molar-refractivity contribution in [2.75, 3.05) is 4.90 Å². The van der Waals surface area contributed by atoms with Crippen LogP contribution in [0.15, 0.2) is 78.9 Å². The summed E-state index contributed by atoms with van der Waals surface area (Å²) in [7, 11) is 0. The van der Waals surface area contributed by atoms with E-state index in [0.29, 0.717) is 11.5 Å². The van der Waals surface area contributed by atoms with Crippen LogP contribution < -0.4 is 9.64 Å². The Kier molecular flexibility index (Phi) is 5.65. The van der Waals surface area contributed by atoms with Crippen molar-refractivity contribution in [3.05, 3.63) is 95.6 Å². The number of phenols is 3. The Labute approximate surface area is 187 Å². The highest BCUT2D eigenvalue weighted by Crippen LogP contribution is 2.41. The molecule has 0 amide bonds. The van der Waals surface area contributed by atoms with Crippen LogP contribution >= 0.6 is 0 Å². The fourth-order valence-electron chi connectivity index (χ4n) is 3.74. The van der Waals surface area contributed by atoms with Gasteiger partial charge in [0.15, 0.2) is 11.5 Å². The normalized spacial score (nSPS) is 10.7. The van der Waals surface area contributed by atoms with Crippen LogP contribution in [0, 0.1) is 20.8 Å². The third-order valence-corrected chi connectivity index (χ3v) is 5.35. The first kappa shape index (κ1) is 21.1. The molecule has 4 aromatic rings. The maximum atomic E-state index is 10.1. The van der Waals surface area contributed by atoms with E-state index in [-0.39, 0.29) is 17.2 Å². The summed E-state index contributed by atoms with van der Waals surface area (Å²) in [6.07, 6.45) is 0. The Balaban J connectivity index is 1.76. The molecule has 0 saturated heterocycles. The Bertz CT molecular complexity index is 1190. The maximum absolute atomic E-state index is 10.1. The molecule has 5 nitrogen and oxygen atoms in total. The molecule has 0 aliphatic heterocycles. The first-order chi connectivity index (χ1) is 15.3. The summed E-state index contributed by atoms with van der Waals surface area (Å²) in [6.45, 7) is 5.76. The van der Waals surface area contributed by atoms with Crippen molar-refractivity contribution >= 4 is 17.1 Å². The van der Waals surface area contributed by atoms with E-state index < -0.39 is 0 Å². The molecule has 0 aliphatic rings. The van der Waals surface area contributed by atoms with Gasteiger partial charge in [-0.3, -0.25) is 0 Å². The number of para-hydroxylation sites is 1. The van der Waals surface area contributed by atoms with E-state index in [1.165, 1.54) is 0 Å². The SMILES string of the molecule is Cc1cc(O)ccc1N(c1ccc(Oc2c(C)cccc2O)cc1)c1ccc(O)cc1C. The number of rotatable bonds is 5. The number of nitrogens with zero attached hydrogens (tertiary/aromatic N) is 1. The number of hydrogen-bond donors (Lipinski definition) is 3. The molecule has 0 aliphatic carbocycles. The van der Waals surface area contributed by atoms with Crippen LogP contribution in [0.4, 0.5) is 17.1 Å². The first-order valence-electron chi connectivity index (χ1n) is 10.3. The van der Waals surface area contributed by atoms with Crippen LogP contribution in [-0.2, 0) is 0 Å². The van der Waals surface area contributed by atoms with E-state index in [1.807, 2.05) is 63.2 Å². The molecule has 0 spiro atoms. The second-order valence-electron chi connectivity index (χ2n) is 7.80. The van der Waals surface area contributed by atoms with Gasteiger partial charge in [0.2, 0.25) is 0 Å². The minimum absolute atomic E-state index is 0.0927. The van der Waals surface area contributed by atoms with Gasteiger partial charge in [0.05, 0.1) is 0 Å². The fraction of sp³-hybridized carbons (Fsp3) is 0.111. The Morgan fingerprint density at radius 2 is 1.19 bits per heavy atom. The van der Waals surface area contributed by atoms with Gasteiger partial charge < -0.3 is 25.0 Å². The van der Waals surface area contributed by atoms with Crippen molar-refractivity contribution in [3.63, 3.8) is 0 Å². The van der Waals surface area contributed by atoms with Gasteiger partial charge in [0.1, 0.15) is 17.2 Å². The van der Waals surface area contributed by atoms with E-state index in [2.05, 4.69) is 4.90 Å².